The highest BCUT2D eigenvalue weighted by Crippen LogP contribution is 2.30. The zero-order valence-electron chi connectivity index (χ0n) is 15.3. The second kappa shape index (κ2) is 8.36. The minimum atomic E-state index is -4.49. The van der Waals surface area contributed by atoms with Crippen molar-refractivity contribution in [1.82, 2.24) is 9.80 Å². The van der Waals surface area contributed by atoms with Gasteiger partial charge in [0.05, 0.1) is 17.8 Å². The molecule has 2 saturated heterocycles. The van der Waals surface area contributed by atoms with E-state index >= 15 is 0 Å². The van der Waals surface area contributed by atoms with E-state index in [2.05, 4.69) is 0 Å². The molecule has 0 spiro atoms. The van der Waals surface area contributed by atoms with Crippen LogP contribution in [0.5, 0.6) is 0 Å². The first-order valence-electron chi connectivity index (χ1n) is 9.38. The Morgan fingerprint density at radius 2 is 1.68 bits per heavy atom. The van der Waals surface area contributed by atoms with Crippen molar-refractivity contribution in [2.24, 2.45) is 5.92 Å². The lowest BCUT2D eigenvalue weighted by molar-refractivity contribution is -0.137. The summed E-state index contributed by atoms with van der Waals surface area (Å²) in [6.45, 7) is 2.08. The summed E-state index contributed by atoms with van der Waals surface area (Å²) < 4.78 is 38.5. The van der Waals surface area contributed by atoms with Crippen LogP contribution in [0.4, 0.5) is 13.2 Å². The molecule has 1 aromatic carbocycles. The van der Waals surface area contributed by atoms with Crippen LogP contribution in [-0.4, -0.2) is 82.1 Å². The molecule has 1 aromatic rings. The highest BCUT2D eigenvalue weighted by Gasteiger charge is 2.35. The third-order valence-electron chi connectivity index (χ3n) is 5.53. The normalized spacial score (nSPS) is 27.8. The highest BCUT2D eigenvalue weighted by atomic mass is 19.4. The molecule has 0 radical (unpaired) electrons. The fraction of sp³-hybridized carbons (Fsp3) is 0.632. The summed E-state index contributed by atoms with van der Waals surface area (Å²) in [5.74, 6) is -0.156. The number of benzene rings is 1. The second-order valence-corrected chi connectivity index (χ2v) is 7.66. The predicted octanol–water partition coefficient (Wildman–Crippen LogP) is 0.956. The van der Waals surface area contributed by atoms with Gasteiger partial charge in [0.2, 0.25) is 0 Å². The summed E-state index contributed by atoms with van der Waals surface area (Å²) in [4.78, 5) is 16.0. The van der Waals surface area contributed by atoms with Crippen molar-refractivity contribution in [2.75, 3.05) is 32.7 Å². The quantitative estimate of drug-likeness (QED) is 0.701. The summed E-state index contributed by atoms with van der Waals surface area (Å²) in [6, 6.07) is 4.47. The number of hydrogen-bond acceptors (Lipinski definition) is 5. The third-order valence-corrected chi connectivity index (χ3v) is 5.53. The average Bonchev–Trinajstić information content (AvgIpc) is 2.65. The number of β-amino-alcohol motifs (C(OH)–C–C–N with tert-alkyl or cyclic N) is 2. The van der Waals surface area contributed by atoms with Crippen LogP contribution in [0.1, 0.15) is 28.8 Å². The van der Waals surface area contributed by atoms with Gasteiger partial charge in [0.25, 0.3) is 5.91 Å². The molecule has 0 bridgehead atoms. The van der Waals surface area contributed by atoms with E-state index in [0.717, 1.165) is 12.1 Å². The molecule has 0 aliphatic carbocycles. The van der Waals surface area contributed by atoms with Gasteiger partial charge in [0, 0.05) is 38.3 Å². The lowest BCUT2D eigenvalue weighted by atomic mass is 9.93. The Balaban J connectivity index is 1.53. The van der Waals surface area contributed by atoms with Gasteiger partial charge in [0.1, 0.15) is 6.10 Å². The van der Waals surface area contributed by atoms with Crippen LogP contribution in [0.2, 0.25) is 0 Å². The minimum absolute atomic E-state index is 0.0320. The molecule has 3 atom stereocenters. The minimum Gasteiger partial charge on any atom is -0.389 e. The van der Waals surface area contributed by atoms with Crippen LogP contribution < -0.4 is 0 Å². The largest absolute Gasteiger partial charge is 0.416 e. The zero-order chi connectivity index (χ0) is 20.5. The number of piperidine rings is 2. The number of aliphatic hydroxyl groups excluding tert-OH is 3. The van der Waals surface area contributed by atoms with Crippen molar-refractivity contribution in [2.45, 2.75) is 37.3 Å². The van der Waals surface area contributed by atoms with E-state index in [1.54, 1.807) is 4.90 Å². The van der Waals surface area contributed by atoms with Crippen LogP contribution in [0.3, 0.4) is 0 Å². The number of carbonyl (C=O) groups is 1. The Bertz CT molecular complexity index is 680. The number of aliphatic hydroxyl groups is 3. The lowest BCUT2D eigenvalue weighted by Gasteiger charge is -2.40. The maximum atomic E-state index is 12.8. The van der Waals surface area contributed by atoms with Crippen LogP contribution >= 0.6 is 0 Å². The third kappa shape index (κ3) is 4.83. The summed E-state index contributed by atoms with van der Waals surface area (Å²) in [5.41, 5.74) is -0.804. The van der Waals surface area contributed by atoms with Crippen LogP contribution in [0.25, 0.3) is 0 Å². The topological polar surface area (TPSA) is 84.2 Å². The van der Waals surface area contributed by atoms with Gasteiger partial charge in [-0.2, -0.15) is 13.2 Å². The number of likely N-dealkylation sites (tertiary alicyclic amines) is 2. The molecule has 0 unspecified atom stereocenters. The Labute approximate surface area is 161 Å². The fourth-order valence-corrected chi connectivity index (χ4v) is 3.92. The van der Waals surface area contributed by atoms with Gasteiger partial charge in [-0.15, -0.1) is 0 Å². The smallest absolute Gasteiger partial charge is 0.389 e. The van der Waals surface area contributed by atoms with Crippen LogP contribution in [-0.2, 0) is 6.18 Å². The predicted molar refractivity (Wildman–Crippen MR) is 94.5 cm³/mol. The monoisotopic (exact) mass is 402 g/mol. The molecule has 6 nitrogen and oxygen atoms in total. The molecule has 3 rings (SSSR count). The van der Waals surface area contributed by atoms with Crippen molar-refractivity contribution in [3.05, 3.63) is 35.4 Å². The average molecular weight is 402 g/mol. The number of carbonyl (C=O) groups excluding carboxylic acids is 1. The molecule has 0 aromatic heterocycles. The maximum Gasteiger partial charge on any atom is 0.416 e. The van der Waals surface area contributed by atoms with E-state index in [9.17, 15) is 33.3 Å². The number of hydrogen-bond donors (Lipinski definition) is 3. The Kier molecular flexibility index (Phi) is 6.28. The van der Waals surface area contributed by atoms with Gasteiger partial charge >= 0.3 is 6.18 Å². The molecule has 3 N–H and O–H groups in total. The van der Waals surface area contributed by atoms with E-state index < -0.39 is 36.0 Å². The molecule has 9 heteroatoms. The maximum absolute atomic E-state index is 12.8. The first-order chi connectivity index (χ1) is 13.1. The lowest BCUT2D eigenvalue weighted by Crippen LogP contribution is -2.56. The van der Waals surface area contributed by atoms with Crippen molar-refractivity contribution in [1.29, 1.82) is 0 Å². The van der Waals surface area contributed by atoms with Crippen LogP contribution in [0.15, 0.2) is 24.3 Å². The molecule has 2 fully saturated rings. The SMILES string of the molecule is O=C(c1cccc(C(F)(F)F)c1)N1CCC(CN2C[C@@H](O)[C@H](O)[C@@H](O)C2)CC1. The first kappa shape index (κ1) is 21.0. The number of alkyl halides is 3. The summed E-state index contributed by atoms with van der Waals surface area (Å²) in [6.07, 6.45) is -6.23. The molecule has 2 aliphatic heterocycles. The van der Waals surface area contributed by atoms with Crippen molar-refractivity contribution >= 4 is 5.91 Å². The van der Waals surface area contributed by atoms with E-state index in [4.69, 9.17) is 0 Å². The van der Waals surface area contributed by atoms with E-state index in [1.807, 2.05) is 4.90 Å². The number of rotatable bonds is 3. The molecular formula is C19H25F3N2O4. The Hall–Kier alpha value is -1.68. The van der Waals surface area contributed by atoms with E-state index in [-0.39, 0.29) is 24.6 Å². The van der Waals surface area contributed by atoms with E-state index in [1.165, 1.54) is 12.1 Å². The molecule has 2 heterocycles. The van der Waals surface area contributed by atoms with Gasteiger partial charge in [-0.1, -0.05) is 6.07 Å². The van der Waals surface area contributed by atoms with Gasteiger partial charge in [-0.05, 0) is 37.0 Å². The standard InChI is InChI=1S/C19H25F3N2O4/c20-19(21,22)14-3-1-2-13(8-14)18(28)24-6-4-12(5-7-24)9-23-10-15(25)17(27)16(26)11-23/h1-3,8,12,15-17,25-27H,4-7,9-11H2/t15-,16+,17+. The first-order valence-corrected chi connectivity index (χ1v) is 9.38. The molecule has 28 heavy (non-hydrogen) atoms. The molecule has 1 amide bonds. The van der Waals surface area contributed by atoms with Gasteiger partial charge in [0.15, 0.2) is 0 Å². The summed E-state index contributed by atoms with van der Waals surface area (Å²) in [7, 11) is 0. The zero-order valence-corrected chi connectivity index (χ0v) is 15.3. The molecule has 0 saturated carbocycles. The number of amides is 1. The van der Waals surface area contributed by atoms with Crippen LogP contribution in [0, 0.1) is 5.92 Å². The fourth-order valence-electron chi connectivity index (χ4n) is 3.92. The molecular weight excluding hydrogens is 377 g/mol. The number of nitrogens with zero attached hydrogens (tertiary/aromatic N) is 2. The molecule has 156 valence electrons. The number of halogens is 3. The van der Waals surface area contributed by atoms with Crippen molar-refractivity contribution < 1.29 is 33.3 Å². The highest BCUT2D eigenvalue weighted by molar-refractivity contribution is 5.94. The van der Waals surface area contributed by atoms with Gasteiger partial charge in [-0.25, -0.2) is 0 Å². The second-order valence-electron chi connectivity index (χ2n) is 7.66. The van der Waals surface area contributed by atoms with Crippen molar-refractivity contribution in [3.63, 3.8) is 0 Å². The van der Waals surface area contributed by atoms with E-state index in [0.29, 0.717) is 32.5 Å². The summed E-state index contributed by atoms with van der Waals surface area (Å²) >= 11 is 0. The van der Waals surface area contributed by atoms with Gasteiger partial charge < -0.3 is 20.2 Å². The summed E-state index contributed by atoms with van der Waals surface area (Å²) in [5, 5.41) is 29.2. The Morgan fingerprint density at radius 1 is 1.07 bits per heavy atom. The van der Waals surface area contributed by atoms with Crippen molar-refractivity contribution in [3.8, 4) is 0 Å². The molecule has 2 aliphatic rings. The van der Waals surface area contributed by atoms with Gasteiger partial charge in [-0.3, -0.25) is 9.69 Å². The Morgan fingerprint density at radius 3 is 2.25 bits per heavy atom.